The molecular weight excluding hydrogens is 469 g/mol. The van der Waals surface area contributed by atoms with Crippen molar-refractivity contribution < 1.29 is 27.2 Å². The van der Waals surface area contributed by atoms with Crippen LogP contribution in [0.4, 0.5) is 13.2 Å². The quantitative estimate of drug-likeness (QED) is 0.555. The molecule has 1 aliphatic heterocycles. The maximum Gasteiger partial charge on any atom is 0.278 e. The third-order valence-electron chi connectivity index (χ3n) is 6.37. The molecule has 1 N–H and O–H groups in total. The molecule has 34 heavy (non-hydrogen) atoms. The number of nitrogens with zero attached hydrogens (tertiary/aromatic N) is 3. The number of hydrogen-bond acceptors (Lipinski definition) is 7. The fraction of sp³-hybridized carbons (Fsp3) is 0.696. The molecule has 1 fully saturated rings. The van der Waals surface area contributed by atoms with E-state index in [1.165, 1.54) is 11.3 Å². The molecule has 0 bridgehead atoms. The first-order valence-corrected chi connectivity index (χ1v) is 12.5. The van der Waals surface area contributed by atoms with Gasteiger partial charge in [-0.2, -0.15) is 0 Å². The maximum atomic E-state index is 15.4. The Hall–Kier alpha value is -2.14. The zero-order chi connectivity index (χ0) is 24.3. The van der Waals surface area contributed by atoms with Crippen LogP contribution in [0.3, 0.4) is 0 Å². The standard InChI is InChI=1S/C23H31F3N4O3S/c1-15-11-17(33-29-15)12-20(31)27-16-3-6-23(26,7-4-16)8-10-30-9-5-19-18(13-30)28-21(34-19)32-14-22(2,24)25/h11,16H,3-10,12-14H2,1-2H3,(H,27,31). The van der Waals surface area contributed by atoms with Crippen LogP contribution in [0.15, 0.2) is 10.6 Å². The summed E-state index contributed by atoms with van der Waals surface area (Å²) in [6.45, 7) is 3.90. The van der Waals surface area contributed by atoms with Crippen molar-refractivity contribution in [3.63, 3.8) is 0 Å². The predicted molar refractivity (Wildman–Crippen MR) is 121 cm³/mol. The van der Waals surface area contributed by atoms with Gasteiger partial charge in [-0.3, -0.25) is 9.69 Å². The Labute approximate surface area is 201 Å². The number of amides is 1. The summed E-state index contributed by atoms with van der Waals surface area (Å²) in [6.07, 6.45) is 3.37. The third kappa shape index (κ3) is 6.94. The summed E-state index contributed by atoms with van der Waals surface area (Å²) in [5.41, 5.74) is 0.330. The number of aryl methyl sites for hydroxylation is 1. The Morgan fingerprint density at radius 2 is 2.18 bits per heavy atom. The summed E-state index contributed by atoms with van der Waals surface area (Å²) in [4.78, 5) is 19.8. The van der Waals surface area contributed by atoms with Crippen molar-refractivity contribution >= 4 is 17.2 Å². The van der Waals surface area contributed by atoms with E-state index in [4.69, 9.17) is 9.26 Å². The van der Waals surface area contributed by atoms with E-state index < -0.39 is 18.2 Å². The fourth-order valence-electron chi connectivity index (χ4n) is 4.49. The van der Waals surface area contributed by atoms with Gasteiger partial charge in [0.2, 0.25) is 5.91 Å². The minimum Gasteiger partial charge on any atom is -0.464 e. The fourth-order valence-corrected chi connectivity index (χ4v) is 5.40. The monoisotopic (exact) mass is 500 g/mol. The molecule has 0 aromatic carbocycles. The smallest absolute Gasteiger partial charge is 0.278 e. The van der Waals surface area contributed by atoms with Crippen LogP contribution < -0.4 is 10.1 Å². The zero-order valence-corrected chi connectivity index (χ0v) is 20.4. The van der Waals surface area contributed by atoms with Gasteiger partial charge in [0, 0.05) is 43.5 Å². The molecule has 1 amide bonds. The Morgan fingerprint density at radius 3 is 2.85 bits per heavy atom. The zero-order valence-electron chi connectivity index (χ0n) is 19.5. The molecular formula is C23H31F3N4O3S. The van der Waals surface area contributed by atoms with Crippen LogP contribution in [0, 0.1) is 6.92 Å². The SMILES string of the molecule is Cc1cc(CC(=O)NC2CCC(F)(CCN3CCc4sc(OCC(C)(F)F)nc4C3)CC2)on1. The minimum absolute atomic E-state index is 0.0261. The normalized spacial score (nSPS) is 23.5. The minimum atomic E-state index is -2.90. The summed E-state index contributed by atoms with van der Waals surface area (Å²) in [5.74, 6) is -2.51. The number of fused-ring (bicyclic) bond motifs is 1. The molecule has 11 heteroatoms. The van der Waals surface area contributed by atoms with Crippen LogP contribution >= 0.6 is 11.3 Å². The van der Waals surface area contributed by atoms with Gasteiger partial charge in [0.25, 0.3) is 11.1 Å². The van der Waals surface area contributed by atoms with Crippen molar-refractivity contribution in [2.75, 3.05) is 19.7 Å². The highest BCUT2D eigenvalue weighted by molar-refractivity contribution is 7.13. The summed E-state index contributed by atoms with van der Waals surface area (Å²) in [5, 5.41) is 7.04. The van der Waals surface area contributed by atoms with Gasteiger partial charge in [-0.25, -0.2) is 18.2 Å². The van der Waals surface area contributed by atoms with Gasteiger partial charge in [-0.15, -0.1) is 0 Å². The number of thiazole rings is 1. The van der Waals surface area contributed by atoms with E-state index in [9.17, 15) is 13.6 Å². The lowest BCUT2D eigenvalue weighted by molar-refractivity contribution is -0.121. The summed E-state index contributed by atoms with van der Waals surface area (Å²) in [7, 11) is 0. The highest BCUT2D eigenvalue weighted by Crippen LogP contribution is 2.36. The largest absolute Gasteiger partial charge is 0.464 e. The van der Waals surface area contributed by atoms with Gasteiger partial charge in [0.15, 0.2) is 6.61 Å². The molecule has 2 aromatic heterocycles. The number of halogens is 3. The number of hydrogen-bond donors (Lipinski definition) is 1. The Bertz CT molecular complexity index is 983. The maximum absolute atomic E-state index is 15.4. The Kier molecular flexibility index (Phi) is 7.51. The Morgan fingerprint density at radius 1 is 1.41 bits per heavy atom. The van der Waals surface area contributed by atoms with Crippen molar-refractivity contribution in [3.8, 4) is 5.19 Å². The summed E-state index contributed by atoms with van der Waals surface area (Å²) >= 11 is 1.32. The molecule has 188 valence electrons. The molecule has 0 saturated heterocycles. The number of alkyl halides is 3. The average molecular weight is 501 g/mol. The molecule has 0 spiro atoms. The van der Waals surface area contributed by atoms with Crippen molar-refractivity contribution in [1.82, 2.24) is 20.4 Å². The topological polar surface area (TPSA) is 80.5 Å². The van der Waals surface area contributed by atoms with Crippen molar-refractivity contribution in [3.05, 3.63) is 28.1 Å². The molecule has 7 nitrogen and oxygen atoms in total. The number of ether oxygens (including phenoxy) is 1. The molecule has 2 aliphatic rings. The van der Waals surface area contributed by atoms with Crippen molar-refractivity contribution in [2.24, 2.45) is 0 Å². The van der Waals surface area contributed by atoms with Gasteiger partial charge in [-0.1, -0.05) is 16.5 Å². The van der Waals surface area contributed by atoms with Gasteiger partial charge >= 0.3 is 0 Å². The van der Waals surface area contributed by atoms with Crippen molar-refractivity contribution in [1.29, 1.82) is 0 Å². The van der Waals surface area contributed by atoms with Crippen molar-refractivity contribution in [2.45, 2.75) is 83.0 Å². The molecule has 2 aromatic rings. The summed E-state index contributed by atoms with van der Waals surface area (Å²) < 4.78 is 51.7. The number of carbonyl (C=O) groups excluding carboxylic acids is 1. The van der Waals surface area contributed by atoms with Crippen LogP contribution in [0.5, 0.6) is 5.19 Å². The second kappa shape index (κ2) is 10.2. The molecule has 0 unspecified atom stereocenters. The van der Waals surface area contributed by atoms with Crippen LogP contribution in [0.25, 0.3) is 0 Å². The second-order valence-corrected chi connectivity index (χ2v) is 10.6. The van der Waals surface area contributed by atoms with Gasteiger partial charge in [0.05, 0.1) is 17.8 Å². The lowest BCUT2D eigenvalue weighted by atomic mass is 9.81. The Balaban J connectivity index is 1.19. The highest BCUT2D eigenvalue weighted by atomic mass is 32.1. The summed E-state index contributed by atoms with van der Waals surface area (Å²) in [6, 6.07) is 1.71. The molecule has 0 atom stereocenters. The second-order valence-electron chi connectivity index (χ2n) is 9.59. The van der Waals surface area contributed by atoms with E-state index in [-0.39, 0.29) is 23.6 Å². The molecule has 4 rings (SSSR count). The van der Waals surface area contributed by atoms with E-state index in [0.717, 1.165) is 36.2 Å². The molecule has 0 radical (unpaired) electrons. The molecule has 3 heterocycles. The molecule has 1 saturated carbocycles. The third-order valence-corrected chi connectivity index (χ3v) is 7.44. The van der Waals surface area contributed by atoms with E-state index in [1.54, 1.807) is 13.0 Å². The van der Waals surface area contributed by atoms with Crippen LogP contribution in [-0.2, 0) is 24.2 Å². The number of aromatic nitrogens is 2. The van der Waals surface area contributed by atoms with Gasteiger partial charge < -0.3 is 14.6 Å². The van der Waals surface area contributed by atoms with Crippen LogP contribution in [-0.4, -0.2) is 58.3 Å². The first-order chi connectivity index (χ1) is 16.1. The predicted octanol–water partition coefficient (Wildman–Crippen LogP) is 4.23. The first kappa shape index (κ1) is 25.0. The number of rotatable bonds is 9. The molecule has 1 aliphatic carbocycles. The lowest BCUT2D eigenvalue weighted by Crippen LogP contribution is -2.43. The van der Waals surface area contributed by atoms with Crippen LogP contribution in [0.2, 0.25) is 0 Å². The number of carbonyl (C=O) groups is 1. The van der Waals surface area contributed by atoms with E-state index >= 15 is 4.39 Å². The van der Waals surface area contributed by atoms with E-state index in [2.05, 4.69) is 20.4 Å². The first-order valence-electron chi connectivity index (χ1n) is 11.7. The highest BCUT2D eigenvalue weighted by Gasteiger charge is 2.36. The van der Waals surface area contributed by atoms with Gasteiger partial charge in [-0.05, 0) is 45.4 Å². The average Bonchev–Trinajstić information content (AvgIpc) is 3.37. The van der Waals surface area contributed by atoms with Gasteiger partial charge in [0.1, 0.15) is 11.4 Å². The number of nitrogens with one attached hydrogen (secondary N) is 1. The van der Waals surface area contributed by atoms with Crippen LogP contribution in [0.1, 0.15) is 61.1 Å². The van der Waals surface area contributed by atoms with E-state index in [1.807, 2.05) is 0 Å². The lowest BCUT2D eigenvalue weighted by Gasteiger charge is -2.36. The van der Waals surface area contributed by atoms with E-state index in [0.29, 0.717) is 51.0 Å².